The molecule has 0 spiro atoms. The Morgan fingerprint density at radius 3 is 2.88 bits per heavy atom. The van der Waals surface area contributed by atoms with E-state index in [1.54, 1.807) is 12.1 Å². The molecule has 0 amide bonds. The van der Waals surface area contributed by atoms with Gasteiger partial charge in [0.25, 0.3) is 0 Å². The average molecular weight is 220 g/mol. The third-order valence-electron chi connectivity index (χ3n) is 3.08. The highest BCUT2D eigenvalue weighted by atomic mass is 16.4. The van der Waals surface area contributed by atoms with Crippen LogP contribution in [-0.2, 0) is 0 Å². The zero-order chi connectivity index (χ0) is 11.7. The summed E-state index contributed by atoms with van der Waals surface area (Å²) in [5, 5.41) is 8.99. The van der Waals surface area contributed by atoms with E-state index in [0.29, 0.717) is 11.6 Å². The van der Waals surface area contributed by atoms with E-state index in [1.807, 2.05) is 6.07 Å². The normalized spacial score (nSPS) is 20.1. The monoisotopic (exact) mass is 220 g/mol. The summed E-state index contributed by atoms with van der Waals surface area (Å²) in [5.74, 6) is -0.320. The molecule has 1 fully saturated rings. The zero-order valence-corrected chi connectivity index (χ0v) is 9.31. The Hall–Kier alpha value is -1.71. The van der Waals surface area contributed by atoms with Crippen molar-refractivity contribution in [2.45, 2.75) is 13.3 Å². The fraction of sp³-hybridized carbons (Fsp3) is 0.417. The summed E-state index contributed by atoms with van der Waals surface area (Å²) in [5.41, 5.74) is 7.31. The highest BCUT2D eigenvalue weighted by molar-refractivity contribution is 5.97. The smallest absolute Gasteiger partial charge is 0.337 e. The first-order valence-electron chi connectivity index (χ1n) is 5.46. The number of nitrogen functional groups attached to an aromatic ring is 1. The van der Waals surface area contributed by atoms with E-state index in [0.717, 1.165) is 25.2 Å². The van der Waals surface area contributed by atoms with E-state index < -0.39 is 5.97 Å². The molecule has 1 aliphatic heterocycles. The molecular weight excluding hydrogens is 204 g/mol. The second-order valence-corrected chi connectivity index (χ2v) is 4.38. The number of carboxylic acids is 1. The van der Waals surface area contributed by atoms with Crippen LogP contribution in [0.15, 0.2) is 18.2 Å². The molecule has 0 aliphatic carbocycles. The van der Waals surface area contributed by atoms with Gasteiger partial charge in [-0.05, 0) is 24.5 Å². The molecule has 0 bridgehead atoms. The van der Waals surface area contributed by atoms with Gasteiger partial charge in [0.05, 0.1) is 16.9 Å². The third-order valence-corrected chi connectivity index (χ3v) is 3.08. The molecule has 3 N–H and O–H groups in total. The molecule has 16 heavy (non-hydrogen) atoms. The Morgan fingerprint density at radius 1 is 1.56 bits per heavy atom. The minimum atomic E-state index is -0.966. The van der Waals surface area contributed by atoms with Gasteiger partial charge in [-0.25, -0.2) is 4.79 Å². The van der Waals surface area contributed by atoms with Gasteiger partial charge in [-0.15, -0.1) is 0 Å². The lowest BCUT2D eigenvalue weighted by molar-refractivity contribution is 0.0698. The average Bonchev–Trinajstić information content (AvgIpc) is 2.64. The minimum absolute atomic E-state index is 0.192. The van der Waals surface area contributed by atoms with Gasteiger partial charge in [0.2, 0.25) is 0 Å². The van der Waals surface area contributed by atoms with Crippen LogP contribution in [0.5, 0.6) is 0 Å². The van der Waals surface area contributed by atoms with Gasteiger partial charge in [0.15, 0.2) is 0 Å². The van der Waals surface area contributed by atoms with Gasteiger partial charge >= 0.3 is 5.97 Å². The molecule has 1 saturated heterocycles. The van der Waals surface area contributed by atoms with Gasteiger partial charge < -0.3 is 15.7 Å². The number of carboxylic acid groups (broad SMARTS) is 1. The van der Waals surface area contributed by atoms with Crippen LogP contribution in [0.1, 0.15) is 23.7 Å². The summed E-state index contributed by atoms with van der Waals surface area (Å²) < 4.78 is 0. The maximum absolute atomic E-state index is 11.0. The highest BCUT2D eigenvalue weighted by Crippen LogP contribution is 2.30. The van der Waals surface area contributed by atoms with Crippen molar-refractivity contribution in [3.8, 4) is 0 Å². The fourth-order valence-corrected chi connectivity index (χ4v) is 2.17. The van der Waals surface area contributed by atoms with E-state index in [4.69, 9.17) is 10.8 Å². The molecule has 1 aliphatic rings. The standard InChI is InChI=1S/C12H16N2O2/c1-8-5-6-14(7-8)10-4-2-3-9(11(10)13)12(15)16/h2-4,8H,5-7,13H2,1H3,(H,15,16). The number of aromatic carboxylic acids is 1. The quantitative estimate of drug-likeness (QED) is 0.746. The molecular formula is C12H16N2O2. The molecule has 1 aromatic carbocycles. The number of nitrogens with two attached hydrogens (primary N) is 1. The minimum Gasteiger partial charge on any atom is -0.478 e. The van der Waals surface area contributed by atoms with Crippen LogP contribution in [-0.4, -0.2) is 24.2 Å². The van der Waals surface area contributed by atoms with E-state index in [-0.39, 0.29) is 5.56 Å². The van der Waals surface area contributed by atoms with Crippen LogP contribution < -0.4 is 10.6 Å². The first kappa shape index (κ1) is 10.8. The van der Waals surface area contributed by atoms with Crippen LogP contribution in [0.3, 0.4) is 0 Å². The molecule has 2 rings (SSSR count). The predicted molar refractivity (Wildman–Crippen MR) is 63.8 cm³/mol. The Balaban J connectivity index is 2.34. The van der Waals surface area contributed by atoms with Crippen molar-refractivity contribution in [2.24, 2.45) is 5.92 Å². The lowest BCUT2D eigenvalue weighted by Crippen LogP contribution is -2.21. The second kappa shape index (κ2) is 4.04. The van der Waals surface area contributed by atoms with Gasteiger partial charge in [0.1, 0.15) is 0 Å². The predicted octanol–water partition coefficient (Wildman–Crippen LogP) is 1.81. The van der Waals surface area contributed by atoms with E-state index in [9.17, 15) is 4.79 Å². The van der Waals surface area contributed by atoms with Crippen molar-refractivity contribution in [1.29, 1.82) is 0 Å². The first-order valence-corrected chi connectivity index (χ1v) is 5.46. The van der Waals surface area contributed by atoms with Crippen molar-refractivity contribution >= 4 is 17.3 Å². The number of rotatable bonds is 2. The Kier molecular flexibility index (Phi) is 2.73. The van der Waals surface area contributed by atoms with Gasteiger partial charge in [-0.1, -0.05) is 13.0 Å². The van der Waals surface area contributed by atoms with Crippen LogP contribution in [0.25, 0.3) is 0 Å². The van der Waals surface area contributed by atoms with E-state index in [1.165, 1.54) is 0 Å². The van der Waals surface area contributed by atoms with Crippen molar-refractivity contribution in [1.82, 2.24) is 0 Å². The largest absolute Gasteiger partial charge is 0.478 e. The van der Waals surface area contributed by atoms with Crippen LogP contribution in [0.2, 0.25) is 0 Å². The summed E-state index contributed by atoms with van der Waals surface area (Å²) in [6.07, 6.45) is 1.14. The molecule has 1 aromatic rings. The molecule has 1 atom stereocenters. The van der Waals surface area contributed by atoms with Crippen LogP contribution in [0.4, 0.5) is 11.4 Å². The zero-order valence-electron chi connectivity index (χ0n) is 9.31. The van der Waals surface area contributed by atoms with Crippen LogP contribution >= 0.6 is 0 Å². The number of carbonyl (C=O) groups is 1. The number of nitrogens with zero attached hydrogens (tertiary/aromatic N) is 1. The Morgan fingerprint density at radius 2 is 2.31 bits per heavy atom. The topological polar surface area (TPSA) is 66.6 Å². The lowest BCUT2D eigenvalue weighted by Gasteiger charge is -2.21. The van der Waals surface area contributed by atoms with Crippen molar-refractivity contribution in [2.75, 3.05) is 23.7 Å². The molecule has 86 valence electrons. The highest BCUT2D eigenvalue weighted by Gasteiger charge is 2.22. The molecule has 0 radical (unpaired) electrons. The summed E-state index contributed by atoms with van der Waals surface area (Å²) in [7, 11) is 0. The van der Waals surface area contributed by atoms with Gasteiger partial charge in [-0.3, -0.25) is 0 Å². The molecule has 4 heteroatoms. The van der Waals surface area contributed by atoms with Crippen LogP contribution in [0, 0.1) is 5.92 Å². The summed E-state index contributed by atoms with van der Waals surface area (Å²) >= 11 is 0. The lowest BCUT2D eigenvalue weighted by atomic mass is 10.1. The number of anilines is 2. The SMILES string of the molecule is CC1CCN(c2cccc(C(=O)O)c2N)C1. The molecule has 1 heterocycles. The summed E-state index contributed by atoms with van der Waals surface area (Å²) in [6, 6.07) is 5.18. The molecule has 0 aromatic heterocycles. The number of para-hydroxylation sites is 1. The number of hydrogen-bond donors (Lipinski definition) is 2. The molecule has 4 nitrogen and oxygen atoms in total. The summed E-state index contributed by atoms with van der Waals surface area (Å²) in [4.78, 5) is 13.1. The van der Waals surface area contributed by atoms with Crippen molar-refractivity contribution in [3.05, 3.63) is 23.8 Å². The molecule has 1 unspecified atom stereocenters. The first-order chi connectivity index (χ1) is 7.59. The Bertz CT molecular complexity index is 417. The summed E-state index contributed by atoms with van der Waals surface area (Å²) in [6.45, 7) is 4.10. The van der Waals surface area contributed by atoms with Gasteiger partial charge in [-0.2, -0.15) is 0 Å². The fourth-order valence-electron chi connectivity index (χ4n) is 2.17. The van der Waals surface area contributed by atoms with Gasteiger partial charge in [0, 0.05) is 13.1 Å². The van der Waals surface area contributed by atoms with E-state index >= 15 is 0 Å². The second-order valence-electron chi connectivity index (χ2n) is 4.38. The van der Waals surface area contributed by atoms with E-state index in [2.05, 4.69) is 11.8 Å². The van der Waals surface area contributed by atoms with Crippen molar-refractivity contribution in [3.63, 3.8) is 0 Å². The molecule has 0 saturated carbocycles. The number of hydrogen-bond acceptors (Lipinski definition) is 3. The third kappa shape index (κ3) is 1.83. The maximum Gasteiger partial charge on any atom is 0.337 e. The van der Waals surface area contributed by atoms with Crippen molar-refractivity contribution < 1.29 is 9.90 Å². The Labute approximate surface area is 94.7 Å². The number of benzene rings is 1. The maximum atomic E-state index is 11.0.